The van der Waals surface area contributed by atoms with Gasteiger partial charge in [-0.25, -0.2) is 26.9 Å². The number of phenolic OH excluding ortho intramolecular Hbond substituents is 1. The molecule has 0 bridgehead atoms. The Morgan fingerprint density at radius 2 is 1.29 bits per heavy atom. The van der Waals surface area contributed by atoms with E-state index in [-0.39, 0.29) is 39.6 Å². The number of carbonyl (C=O) groups excluding carboxylic acids is 4. The predicted molar refractivity (Wildman–Crippen MR) is 215 cm³/mol. The summed E-state index contributed by atoms with van der Waals surface area (Å²) in [5, 5.41) is 10.8. The van der Waals surface area contributed by atoms with Crippen molar-refractivity contribution in [3.05, 3.63) is 112 Å². The Bertz CT molecular complexity index is 2630. The van der Waals surface area contributed by atoms with Crippen LogP contribution in [0.2, 0.25) is 0 Å². The van der Waals surface area contributed by atoms with Gasteiger partial charge < -0.3 is 24.1 Å². The van der Waals surface area contributed by atoms with E-state index >= 15 is 8.78 Å². The van der Waals surface area contributed by atoms with Crippen LogP contribution < -0.4 is 28.7 Å². The molecule has 62 heavy (non-hydrogen) atoms. The molecule has 11 nitrogen and oxygen atoms in total. The Morgan fingerprint density at radius 1 is 0.694 bits per heavy atom. The molecule has 2 aliphatic carbocycles. The SMILES string of the molecule is COc1ccc(OC)c(C=Cc2ccc(N3C(=O)[C@H]4[C@H](CC=C5[C@H]4C[C@@]4(Cl)C(=O)N(c6c(F)c(F)c(F)c(F)c6F)C(=O)[C@@]4(Cl)[C@H]5c4cc(OC)c(O)c(OC)c4)C3=O)cc2)c1. The summed E-state index contributed by atoms with van der Waals surface area (Å²) in [4.78, 5) is 53.2. The number of hydrogen-bond acceptors (Lipinski definition) is 9. The maximum atomic E-state index is 15.4. The zero-order chi connectivity index (χ0) is 44.7. The molecular formula is C44H33Cl2F5N2O9. The molecule has 322 valence electrons. The zero-order valence-electron chi connectivity index (χ0n) is 32.9. The fourth-order valence-corrected chi connectivity index (χ4v) is 10.1. The molecule has 0 spiro atoms. The van der Waals surface area contributed by atoms with Gasteiger partial charge in [-0.05, 0) is 72.4 Å². The average molecular weight is 900 g/mol. The van der Waals surface area contributed by atoms with Crippen LogP contribution in [0.15, 0.2) is 66.2 Å². The lowest BCUT2D eigenvalue weighted by molar-refractivity contribution is -0.125. The number of phenols is 1. The molecule has 3 fully saturated rings. The van der Waals surface area contributed by atoms with E-state index in [2.05, 4.69) is 0 Å². The van der Waals surface area contributed by atoms with Crippen LogP contribution >= 0.6 is 23.2 Å². The van der Waals surface area contributed by atoms with Crippen molar-refractivity contribution in [3.8, 4) is 28.7 Å². The summed E-state index contributed by atoms with van der Waals surface area (Å²) >= 11 is 14.5. The first-order valence-corrected chi connectivity index (χ1v) is 19.6. The molecule has 6 atom stereocenters. The van der Waals surface area contributed by atoms with Gasteiger partial charge in [-0.2, -0.15) is 0 Å². The maximum Gasteiger partial charge on any atom is 0.258 e. The predicted octanol–water partition coefficient (Wildman–Crippen LogP) is 8.06. The Kier molecular flexibility index (Phi) is 10.5. The van der Waals surface area contributed by atoms with Crippen LogP contribution in [0.25, 0.3) is 12.2 Å². The van der Waals surface area contributed by atoms with Gasteiger partial charge in [-0.15, -0.1) is 23.2 Å². The first kappa shape index (κ1) is 42.6. The number of benzene rings is 4. The van der Waals surface area contributed by atoms with Gasteiger partial charge in [-0.3, -0.25) is 24.1 Å². The third-order valence-corrected chi connectivity index (χ3v) is 13.5. The number of methoxy groups -OCH3 is 4. The molecule has 2 aliphatic heterocycles. The minimum Gasteiger partial charge on any atom is -0.502 e. The molecule has 0 radical (unpaired) electrons. The number of anilines is 2. The van der Waals surface area contributed by atoms with Crippen LogP contribution in [0.4, 0.5) is 33.3 Å². The van der Waals surface area contributed by atoms with E-state index < -0.39 is 104 Å². The van der Waals surface area contributed by atoms with Gasteiger partial charge >= 0.3 is 0 Å². The molecule has 4 amide bonds. The van der Waals surface area contributed by atoms with Crippen LogP contribution in [0.5, 0.6) is 28.7 Å². The van der Waals surface area contributed by atoms with Gasteiger partial charge in [0, 0.05) is 11.5 Å². The van der Waals surface area contributed by atoms with Gasteiger partial charge in [0.25, 0.3) is 11.8 Å². The highest BCUT2D eigenvalue weighted by atomic mass is 35.5. The van der Waals surface area contributed by atoms with E-state index in [9.17, 15) is 37.5 Å². The highest BCUT2D eigenvalue weighted by molar-refractivity contribution is 6.58. The summed E-state index contributed by atoms with van der Waals surface area (Å²) in [6.45, 7) is 0. The topological polar surface area (TPSA) is 132 Å². The summed E-state index contributed by atoms with van der Waals surface area (Å²) in [5.74, 6) is -21.8. The molecule has 0 unspecified atom stereocenters. The maximum absolute atomic E-state index is 15.4. The molecule has 4 aromatic carbocycles. The Hall–Kier alpha value is -6.13. The lowest BCUT2D eigenvalue weighted by Gasteiger charge is -2.50. The van der Waals surface area contributed by atoms with Crippen molar-refractivity contribution in [1.82, 2.24) is 0 Å². The number of nitrogens with zero attached hydrogens (tertiary/aromatic N) is 2. The lowest BCUT2D eigenvalue weighted by atomic mass is 9.56. The Labute approximate surface area is 359 Å². The summed E-state index contributed by atoms with van der Waals surface area (Å²) in [7, 11) is 5.46. The minimum atomic E-state index is -2.79. The Morgan fingerprint density at radius 3 is 1.87 bits per heavy atom. The minimum absolute atomic E-state index is 0.0184. The third kappa shape index (κ3) is 5.97. The van der Waals surface area contributed by atoms with Crippen LogP contribution in [0.3, 0.4) is 0 Å². The van der Waals surface area contributed by atoms with Crippen LogP contribution in [0.1, 0.15) is 35.4 Å². The highest BCUT2D eigenvalue weighted by Crippen LogP contribution is 2.66. The van der Waals surface area contributed by atoms with Crippen molar-refractivity contribution in [3.63, 3.8) is 0 Å². The second-order valence-electron chi connectivity index (χ2n) is 15.0. The summed E-state index contributed by atoms with van der Waals surface area (Å²) in [5.41, 5.74) is -0.0958. The molecule has 2 heterocycles. The Balaban J connectivity index is 1.22. The van der Waals surface area contributed by atoms with Gasteiger partial charge in [0.15, 0.2) is 44.5 Å². The largest absolute Gasteiger partial charge is 0.502 e. The number of ether oxygens (including phenoxy) is 4. The number of hydrogen-bond donors (Lipinski definition) is 1. The number of allylic oxidation sites excluding steroid dienone is 2. The van der Waals surface area contributed by atoms with E-state index in [1.54, 1.807) is 60.7 Å². The molecule has 2 saturated heterocycles. The van der Waals surface area contributed by atoms with Gasteiger partial charge in [0.05, 0.1) is 46.0 Å². The molecule has 8 rings (SSSR count). The van der Waals surface area contributed by atoms with Gasteiger partial charge in [0.1, 0.15) is 17.2 Å². The number of carbonyl (C=O) groups is 4. The third-order valence-electron chi connectivity index (χ3n) is 12.1. The smallest absolute Gasteiger partial charge is 0.258 e. The first-order chi connectivity index (χ1) is 29.5. The van der Waals surface area contributed by atoms with E-state index in [1.807, 2.05) is 0 Å². The zero-order valence-corrected chi connectivity index (χ0v) is 34.4. The summed E-state index contributed by atoms with van der Waals surface area (Å²) < 4.78 is 95.8. The fourth-order valence-electron chi connectivity index (χ4n) is 9.17. The number of amides is 4. The molecule has 4 aliphatic rings. The molecule has 4 aromatic rings. The van der Waals surface area contributed by atoms with E-state index in [1.165, 1.54) is 40.6 Å². The second-order valence-corrected chi connectivity index (χ2v) is 16.3. The molecule has 1 saturated carbocycles. The number of alkyl halides is 2. The lowest BCUT2D eigenvalue weighted by Crippen LogP contribution is -2.60. The second kappa shape index (κ2) is 15.3. The molecular weight excluding hydrogens is 866 g/mol. The van der Waals surface area contributed by atoms with Crippen LogP contribution in [-0.2, 0) is 19.2 Å². The summed E-state index contributed by atoms with van der Waals surface area (Å²) in [6, 6.07) is 14.2. The van der Waals surface area contributed by atoms with Gasteiger partial charge in [-0.1, -0.05) is 35.9 Å². The van der Waals surface area contributed by atoms with Crippen molar-refractivity contribution in [2.45, 2.75) is 28.5 Å². The molecule has 1 N–H and O–H groups in total. The van der Waals surface area contributed by atoms with E-state index in [4.69, 9.17) is 42.1 Å². The number of halogens is 7. The average Bonchev–Trinajstić information content (AvgIpc) is 3.61. The highest BCUT2D eigenvalue weighted by Gasteiger charge is 2.77. The molecule has 18 heteroatoms. The van der Waals surface area contributed by atoms with Crippen molar-refractivity contribution >= 4 is 70.4 Å². The van der Waals surface area contributed by atoms with Crippen molar-refractivity contribution in [2.75, 3.05) is 38.2 Å². The number of aromatic hydroxyl groups is 1. The number of fused-ring (bicyclic) bond motifs is 4. The molecule has 0 aromatic heterocycles. The normalized spacial score (nSPS) is 25.5. The first-order valence-electron chi connectivity index (χ1n) is 18.8. The number of rotatable bonds is 9. The van der Waals surface area contributed by atoms with Crippen molar-refractivity contribution in [2.24, 2.45) is 17.8 Å². The van der Waals surface area contributed by atoms with Gasteiger partial charge in [0.2, 0.25) is 23.4 Å². The van der Waals surface area contributed by atoms with Crippen molar-refractivity contribution in [1.29, 1.82) is 0 Å². The fraction of sp³-hybridized carbons (Fsp3) is 0.273. The van der Waals surface area contributed by atoms with E-state index in [0.717, 1.165) is 10.5 Å². The van der Waals surface area contributed by atoms with Crippen LogP contribution in [0, 0.1) is 46.8 Å². The van der Waals surface area contributed by atoms with E-state index in [0.29, 0.717) is 17.1 Å². The van der Waals surface area contributed by atoms with Crippen LogP contribution in [-0.4, -0.2) is 66.9 Å². The monoisotopic (exact) mass is 898 g/mol. The standard InChI is InChI=1S/C44H33Cl2F5N2O9/c1-59-23-11-14-27(60-2)20(15-23)8-5-19-6-9-22(10-7-19)52-39(55)25-13-12-24-26(30(25)40(52)56)18-43(45)41(57)53(37-35(50)33(48)32(47)34(49)36(37)51)42(58)44(43,46)31(24)21-16-28(61-3)38(54)29(17-21)62-4/h5-12,14-17,25-26,30-31,54H,13,18H2,1-4H3/t25-,26+,30-,31-,43+,44-/m0/s1. The van der Waals surface area contributed by atoms with Crippen molar-refractivity contribution < 1.29 is 65.2 Å². The quantitative estimate of drug-likeness (QED) is 0.0337. The summed E-state index contributed by atoms with van der Waals surface area (Å²) in [6.07, 6.45) is 4.35. The number of imide groups is 2.